The maximum absolute atomic E-state index is 13.5. The molecule has 30 heavy (non-hydrogen) atoms. The standard InChI is InChI=1S/C20H19FN2O5S.H2S/c1-27-19-5-3-16(29(25,26)12-13-6-7-28-11-13)9-17(19)20(24)23-15-2-4-18(21)14(8-15)10-22;/h2-5,8-9,13H,6-7,11-12H2,1H3,(H,23,24);1H2/t13-;/m0./s1. The van der Waals surface area contributed by atoms with Crippen LogP contribution in [0.25, 0.3) is 0 Å². The molecule has 1 aliphatic rings. The summed E-state index contributed by atoms with van der Waals surface area (Å²) < 4.78 is 49.4. The van der Waals surface area contributed by atoms with Gasteiger partial charge in [-0.2, -0.15) is 18.8 Å². The van der Waals surface area contributed by atoms with Gasteiger partial charge in [0.05, 0.1) is 35.5 Å². The fourth-order valence-corrected chi connectivity index (χ4v) is 4.72. The fourth-order valence-electron chi connectivity index (χ4n) is 3.07. The highest BCUT2D eigenvalue weighted by molar-refractivity contribution is 7.91. The van der Waals surface area contributed by atoms with Gasteiger partial charge in [-0.25, -0.2) is 12.8 Å². The van der Waals surface area contributed by atoms with Crippen LogP contribution in [0, 0.1) is 23.1 Å². The second-order valence-electron chi connectivity index (χ2n) is 6.63. The lowest BCUT2D eigenvalue weighted by Crippen LogP contribution is -2.18. The molecule has 1 heterocycles. The molecular formula is C20H21FN2O5S2. The minimum Gasteiger partial charge on any atom is -0.496 e. The van der Waals surface area contributed by atoms with E-state index in [9.17, 15) is 17.6 Å². The SMILES string of the molecule is COc1ccc(S(=O)(=O)C[C@H]2CCOC2)cc1C(=O)Nc1ccc(F)c(C#N)c1.S. The number of carbonyl (C=O) groups excluding carboxylic acids is 1. The van der Waals surface area contributed by atoms with Gasteiger partial charge >= 0.3 is 0 Å². The molecule has 1 amide bonds. The Morgan fingerprint density at radius 2 is 2.10 bits per heavy atom. The summed E-state index contributed by atoms with van der Waals surface area (Å²) in [4.78, 5) is 12.7. The number of nitrogens with one attached hydrogen (secondary N) is 1. The molecule has 3 rings (SSSR count). The molecular weight excluding hydrogens is 431 g/mol. The Hall–Kier alpha value is -2.61. The quantitative estimate of drug-likeness (QED) is 0.723. The van der Waals surface area contributed by atoms with Crippen molar-refractivity contribution in [1.29, 1.82) is 5.26 Å². The van der Waals surface area contributed by atoms with E-state index in [-0.39, 0.29) is 52.6 Å². The number of methoxy groups -OCH3 is 1. The average molecular weight is 453 g/mol. The van der Waals surface area contributed by atoms with Gasteiger partial charge in [0, 0.05) is 12.3 Å². The molecule has 1 aliphatic heterocycles. The number of carbonyl (C=O) groups is 1. The first-order chi connectivity index (χ1) is 13.8. The van der Waals surface area contributed by atoms with Crippen LogP contribution in [0.4, 0.5) is 10.1 Å². The average Bonchev–Trinajstić information content (AvgIpc) is 3.21. The van der Waals surface area contributed by atoms with Crippen molar-refractivity contribution in [2.75, 3.05) is 31.4 Å². The molecule has 0 bridgehead atoms. The van der Waals surface area contributed by atoms with Gasteiger partial charge in [-0.15, -0.1) is 0 Å². The zero-order valence-electron chi connectivity index (χ0n) is 16.1. The van der Waals surface area contributed by atoms with E-state index in [1.165, 1.54) is 37.4 Å². The van der Waals surface area contributed by atoms with Crippen LogP contribution in [0.2, 0.25) is 0 Å². The van der Waals surface area contributed by atoms with Crippen LogP contribution in [0.1, 0.15) is 22.3 Å². The van der Waals surface area contributed by atoms with Crippen LogP contribution >= 0.6 is 13.5 Å². The first-order valence-electron chi connectivity index (χ1n) is 8.83. The van der Waals surface area contributed by atoms with Crippen molar-refractivity contribution in [3.8, 4) is 11.8 Å². The third kappa shape index (κ3) is 5.30. The van der Waals surface area contributed by atoms with Crippen molar-refractivity contribution >= 4 is 34.9 Å². The molecule has 1 saturated heterocycles. The topological polar surface area (TPSA) is 105 Å². The van der Waals surface area contributed by atoms with Gasteiger partial charge in [-0.3, -0.25) is 4.79 Å². The molecule has 0 radical (unpaired) electrons. The maximum Gasteiger partial charge on any atom is 0.259 e. The minimum absolute atomic E-state index is 0. The van der Waals surface area contributed by atoms with Crippen molar-refractivity contribution < 1.29 is 27.1 Å². The second-order valence-corrected chi connectivity index (χ2v) is 8.67. The Labute approximate surface area is 181 Å². The van der Waals surface area contributed by atoms with Crippen LogP contribution in [0.5, 0.6) is 5.75 Å². The zero-order chi connectivity index (χ0) is 21.0. The van der Waals surface area contributed by atoms with Crippen LogP contribution in [0.15, 0.2) is 41.3 Å². The summed E-state index contributed by atoms with van der Waals surface area (Å²) in [6.07, 6.45) is 0.675. The highest BCUT2D eigenvalue weighted by Crippen LogP contribution is 2.27. The summed E-state index contributed by atoms with van der Waals surface area (Å²) in [5.74, 6) is -1.30. The van der Waals surface area contributed by atoms with E-state index in [1.54, 1.807) is 6.07 Å². The number of nitriles is 1. The Morgan fingerprint density at radius 1 is 1.33 bits per heavy atom. The largest absolute Gasteiger partial charge is 0.496 e. The van der Waals surface area contributed by atoms with Gasteiger partial charge in [0.25, 0.3) is 5.91 Å². The highest BCUT2D eigenvalue weighted by Gasteiger charge is 2.26. The summed E-state index contributed by atoms with van der Waals surface area (Å²) >= 11 is 0. The second kappa shape index (κ2) is 9.93. The molecule has 1 fully saturated rings. The third-order valence-electron chi connectivity index (χ3n) is 4.60. The number of amides is 1. The summed E-state index contributed by atoms with van der Waals surface area (Å²) in [5, 5.41) is 11.5. The van der Waals surface area contributed by atoms with Crippen molar-refractivity contribution in [2.24, 2.45) is 5.92 Å². The number of ether oxygens (including phenoxy) is 2. The zero-order valence-corrected chi connectivity index (χ0v) is 18.0. The van der Waals surface area contributed by atoms with Gasteiger partial charge in [0.15, 0.2) is 9.84 Å². The maximum atomic E-state index is 13.5. The number of rotatable bonds is 6. The smallest absolute Gasteiger partial charge is 0.259 e. The normalized spacial score (nSPS) is 15.7. The molecule has 0 unspecified atom stereocenters. The molecule has 0 saturated carbocycles. The molecule has 0 aromatic heterocycles. The van der Waals surface area contributed by atoms with Crippen molar-refractivity contribution in [3.63, 3.8) is 0 Å². The predicted octanol–water partition coefficient (Wildman–Crippen LogP) is 2.88. The fraction of sp³-hybridized carbons (Fsp3) is 0.300. The first kappa shape index (κ1) is 23.7. The van der Waals surface area contributed by atoms with Crippen LogP contribution < -0.4 is 10.1 Å². The lowest BCUT2D eigenvalue weighted by Gasteiger charge is -2.13. The minimum atomic E-state index is -3.62. The molecule has 1 atom stereocenters. The molecule has 2 aromatic rings. The van der Waals surface area contributed by atoms with Crippen molar-refractivity contribution in [3.05, 3.63) is 53.3 Å². The Morgan fingerprint density at radius 3 is 2.73 bits per heavy atom. The summed E-state index contributed by atoms with van der Waals surface area (Å²) in [7, 11) is -2.26. The van der Waals surface area contributed by atoms with E-state index in [4.69, 9.17) is 14.7 Å². The van der Waals surface area contributed by atoms with E-state index >= 15 is 0 Å². The molecule has 2 aromatic carbocycles. The summed E-state index contributed by atoms with van der Waals surface area (Å²) in [5.41, 5.74) is -0.00433. The van der Waals surface area contributed by atoms with Crippen LogP contribution in [0.3, 0.4) is 0 Å². The lowest BCUT2D eigenvalue weighted by atomic mass is 10.1. The van der Waals surface area contributed by atoms with E-state index in [2.05, 4.69) is 5.32 Å². The third-order valence-corrected chi connectivity index (χ3v) is 6.48. The van der Waals surface area contributed by atoms with Gasteiger partial charge in [0.1, 0.15) is 17.6 Å². The van der Waals surface area contributed by atoms with Gasteiger partial charge in [0.2, 0.25) is 0 Å². The lowest BCUT2D eigenvalue weighted by molar-refractivity contribution is 0.102. The molecule has 0 aliphatic carbocycles. The number of anilines is 1. The van der Waals surface area contributed by atoms with E-state index in [1.807, 2.05) is 0 Å². The van der Waals surface area contributed by atoms with Crippen LogP contribution in [-0.4, -0.2) is 40.4 Å². The van der Waals surface area contributed by atoms with Crippen LogP contribution in [-0.2, 0) is 14.6 Å². The number of benzene rings is 2. The Bertz CT molecular complexity index is 1080. The molecule has 7 nitrogen and oxygen atoms in total. The van der Waals surface area contributed by atoms with Gasteiger partial charge in [-0.1, -0.05) is 0 Å². The molecule has 160 valence electrons. The summed E-state index contributed by atoms with van der Waals surface area (Å²) in [6.45, 7) is 0.938. The summed E-state index contributed by atoms with van der Waals surface area (Å²) in [6, 6.07) is 9.33. The molecule has 0 spiro atoms. The van der Waals surface area contributed by atoms with Crippen molar-refractivity contribution in [2.45, 2.75) is 11.3 Å². The number of sulfone groups is 1. The first-order valence-corrected chi connectivity index (χ1v) is 10.5. The Kier molecular flexibility index (Phi) is 7.83. The number of nitrogens with zero attached hydrogens (tertiary/aromatic N) is 1. The van der Waals surface area contributed by atoms with Crippen molar-refractivity contribution in [1.82, 2.24) is 0 Å². The molecule has 1 N–H and O–H groups in total. The van der Waals surface area contributed by atoms with Gasteiger partial charge in [-0.05, 0) is 48.7 Å². The predicted molar refractivity (Wildman–Crippen MR) is 113 cm³/mol. The monoisotopic (exact) mass is 452 g/mol. The van der Waals surface area contributed by atoms with E-state index < -0.39 is 21.6 Å². The molecule has 10 heteroatoms. The number of hydrogen-bond donors (Lipinski definition) is 1. The van der Waals surface area contributed by atoms with E-state index in [0.717, 1.165) is 6.07 Å². The highest BCUT2D eigenvalue weighted by atomic mass is 32.2. The van der Waals surface area contributed by atoms with Gasteiger partial charge < -0.3 is 14.8 Å². The number of halogens is 1. The Balaban J connectivity index is 0.00000320. The van der Waals surface area contributed by atoms with E-state index in [0.29, 0.717) is 19.6 Å². The number of hydrogen-bond acceptors (Lipinski definition) is 6.